The van der Waals surface area contributed by atoms with Crippen molar-refractivity contribution in [3.8, 4) is 0 Å². The highest BCUT2D eigenvalue weighted by atomic mass is 35.5. The summed E-state index contributed by atoms with van der Waals surface area (Å²) in [4.78, 5) is 11.3. The summed E-state index contributed by atoms with van der Waals surface area (Å²) in [5, 5.41) is 0. The van der Waals surface area contributed by atoms with Gasteiger partial charge < -0.3 is 0 Å². The Morgan fingerprint density at radius 3 is 1.52 bits per heavy atom. The molecule has 0 spiro atoms. The summed E-state index contributed by atoms with van der Waals surface area (Å²) < 4.78 is 0. The first-order valence-corrected chi connectivity index (χ1v) is 8.98. The fraction of sp³-hybridized carbons (Fsp3) is 0.632. The molecule has 1 saturated carbocycles. The molecule has 1 fully saturated rings. The van der Waals surface area contributed by atoms with Crippen molar-refractivity contribution < 1.29 is 4.79 Å². The molecule has 1 aliphatic rings. The highest BCUT2D eigenvalue weighted by Gasteiger charge is 2.02. The Bertz CT molecular complexity index is 347. The van der Waals surface area contributed by atoms with Gasteiger partial charge in [0.1, 0.15) is 5.78 Å². The molecular formula is C19H29ClO. The van der Waals surface area contributed by atoms with Crippen molar-refractivity contribution in [1.82, 2.24) is 0 Å². The largest absolute Gasteiger partial charge is 0.300 e. The third kappa shape index (κ3) is 10.5. The maximum atomic E-state index is 11.3. The summed E-state index contributed by atoms with van der Waals surface area (Å²) >= 11 is 5.53. The Morgan fingerprint density at radius 1 is 0.714 bits per heavy atom. The standard InChI is InChI=1S/C12H22O.C7H7Cl/c13-12-10-8-6-4-2-1-3-5-7-9-11-12;8-6-7-4-2-1-3-5-7/h1-11H2;1-5H,6H2. The first kappa shape index (κ1) is 18.2. The molecule has 0 atom stereocenters. The van der Waals surface area contributed by atoms with Gasteiger partial charge in [0.15, 0.2) is 0 Å². The second-order valence-corrected chi connectivity index (χ2v) is 6.11. The zero-order valence-electron chi connectivity index (χ0n) is 13.2. The second-order valence-electron chi connectivity index (χ2n) is 5.84. The topological polar surface area (TPSA) is 17.1 Å². The second kappa shape index (κ2) is 12.9. The van der Waals surface area contributed by atoms with Crippen molar-refractivity contribution in [3.05, 3.63) is 35.9 Å². The lowest BCUT2D eigenvalue weighted by molar-refractivity contribution is -0.119. The van der Waals surface area contributed by atoms with Crippen molar-refractivity contribution in [3.63, 3.8) is 0 Å². The van der Waals surface area contributed by atoms with E-state index in [1.807, 2.05) is 30.3 Å². The molecule has 0 aromatic heterocycles. The van der Waals surface area contributed by atoms with Crippen molar-refractivity contribution >= 4 is 17.4 Å². The maximum Gasteiger partial charge on any atom is 0.132 e. The molecule has 1 nitrogen and oxygen atoms in total. The minimum atomic E-state index is 0.501. The molecule has 1 aromatic rings. The van der Waals surface area contributed by atoms with Crippen LogP contribution in [0.5, 0.6) is 0 Å². The molecule has 0 aliphatic heterocycles. The van der Waals surface area contributed by atoms with Gasteiger partial charge in [0.2, 0.25) is 0 Å². The van der Waals surface area contributed by atoms with E-state index in [1.54, 1.807) is 0 Å². The van der Waals surface area contributed by atoms with Gasteiger partial charge in [-0.1, -0.05) is 75.3 Å². The summed E-state index contributed by atoms with van der Waals surface area (Å²) in [7, 11) is 0. The predicted octanol–water partition coefficient (Wildman–Crippen LogP) is 6.29. The van der Waals surface area contributed by atoms with Crippen LogP contribution in [-0.2, 0) is 10.7 Å². The number of hydrogen-bond donors (Lipinski definition) is 0. The van der Waals surface area contributed by atoms with Gasteiger partial charge in [0.05, 0.1) is 0 Å². The molecule has 2 rings (SSSR count). The monoisotopic (exact) mass is 308 g/mol. The third-order valence-corrected chi connectivity index (χ3v) is 4.22. The van der Waals surface area contributed by atoms with E-state index in [0.717, 1.165) is 25.7 Å². The SMILES string of the molecule is ClCc1ccccc1.O=C1CCCCCCCCCCC1. The van der Waals surface area contributed by atoms with E-state index in [0.29, 0.717) is 11.7 Å². The highest BCUT2D eigenvalue weighted by molar-refractivity contribution is 6.17. The normalized spacial score (nSPS) is 17.9. The summed E-state index contributed by atoms with van der Waals surface area (Å²) in [6.07, 6.45) is 13.4. The maximum absolute atomic E-state index is 11.3. The van der Waals surface area contributed by atoms with E-state index in [1.165, 1.54) is 50.5 Å². The van der Waals surface area contributed by atoms with E-state index < -0.39 is 0 Å². The van der Waals surface area contributed by atoms with Crippen molar-refractivity contribution in [1.29, 1.82) is 0 Å². The Balaban J connectivity index is 0.000000235. The van der Waals surface area contributed by atoms with E-state index in [-0.39, 0.29) is 0 Å². The number of halogens is 1. The van der Waals surface area contributed by atoms with Crippen LogP contribution in [0.1, 0.15) is 76.2 Å². The van der Waals surface area contributed by atoms with Crippen LogP contribution in [0.25, 0.3) is 0 Å². The molecular weight excluding hydrogens is 280 g/mol. The number of rotatable bonds is 1. The molecule has 21 heavy (non-hydrogen) atoms. The molecule has 0 N–H and O–H groups in total. The van der Waals surface area contributed by atoms with Crippen molar-refractivity contribution in [2.24, 2.45) is 0 Å². The van der Waals surface area contributed by atoms with Crippen LogP contribution in [0.4, 0.5) is 0 Å². The molecule has 0 amide bonds. The number of carbonyl (C=O) groups is 1. The van der Waals surface area contributed by atoms with Gasteiger partial charge in [-0.25, -0.2) is 0 Å². The number of alkyl halides is 1. The van der Waals surface area contributed by atoms with E-state index >= 15 is 0 Å². The summed E-state index contributed by atoms with van der Waals surface area (Å²) in [6.45, 7) is 0. The van der Waals surface area contributed by atoms with Gasteiger partial charge in [0, 0.05) is 18.7 Å². The summed E-state index contributed by atoms with van der Waals surface area (Å²) in [6, 6.07) is 9.96. The van der Waals surface area contributed by atoms with Gasteiger partial charge in [0.25, 0.3) is 0 Å². The van der Waals surface area contributed by atoms with Crippen molar-refractivity contribution in [2.45, 2.75) is 76.5 Å². The first-order chi connectivity index (χ1) is 10.3. The molecule has 0 heterocycles. The Morgan fingerprint density at radius 2 is 1.14 bits per heavy atom. The number of hydrogen-bond acceptors (Lipinski definition) is 1. The zero-order chi connectivity index (χ0) is 15.2. The van der Waals surface area contributed by atoms with Crippen LogP contribution in [-0.4, -0.2) is 5.78 Å². The van der Waals surface area contributed by atoms with Crippen molar-refractivity contribution in [2.75, 3.05) is 0 Å². The van der Waals surface area contributed by atoms with Crippen LogP contribution in [0.3, 0.4) is 0 Å². The molecule has 118 valence electrons. The molecule has 1 aromatic carbocycles. The Kier molecular flexibility index (Phi) is 11.2. The van der Waals surface area contributed by atoms with Crippen LogP contribution in [0.2, 0.25) is 0 Å². The molecule has 2 heteroatoms. The fourth-order valence-corrected chi connectivity index (χ4v) is 2.75. The van der Waals surface area contributed by atoms with Crippen LogP contribution in [0, 0.1) is 0 Å². The van der Waals surface area contributed by atoms with Gasteiger partial charge in [-0.3, -0.25) is 4.79 Å². The number of benzene rings is 1. The van der Waals surface area contributed by atoms with Gasteiger partial charge in [-0.2, -0.15) is 0 Å². The van der Waals surface area contributed by atoms with E-state index in [9.17, 15) is 4.79 Å². The first-order valence-electron chi connectivity index (χ1n) is 8.44. The predicted molar refractivity (Wildman–Crippen MR) is 91.8 cm³/mol. The Labute approximate surface area is 135 Å². The average molecular weight is 309 g/mol. The molecule has 0 saturated heterocycles. The van der Waals surface area contributed by atoms with Crippen LogP contribution < -0.4 is 0 Å². The lowest BCUT2D eigenvalue weighted by Crippen LogP contribution is -1.98. The number of Topliss-reactive ketones (excluding diaryl/α,β-unsaturated/α-hetero) is 1. The third-order valence-electron chi connectivity index (χ3n) is 3.91. The fourth-order valence-electron chi connectivity index (χ4n) is 2.57. The lowest BCUT2D eigenvalue weighted by atomic mass is 10.0. The highest BCUT2D eigenvalue weighted by Crippen LogP contribution is 2.14. The van der Waals surface area contributed by atoms with E-state index in [2.05, 4.69) is 0 Å². The quantitative estimate of drug-likeness (QED) is 0.557. The Hall–Kier alpha value is -0.820. The summed E-state index contributed by atoms with van der Waals surface area (Å²) in [5.41, 5.74) is 1.18. The van der Waals surface area contributed by atoms with Gasteiger partial charge in [-0.15, -0.1) is 11.6 Å². The number of ketones is 1. The van der Waals surface area contributed by atoms with Gasteiger partial charge >= 0.3 is 0 Å². The minimum absolute atomic E-state index is 0.501. The molecule has 0 radical (unpaired) electrons. The molecule has 0 bridgehead atoms. The van der Waals surface area contributed by atoms with Gasteiger partial charge in [-0.05, 0) is 18.4 Å². The smallest absolute Gasteiger partial charge is 0.132 e. The number of carbonyl (C=O) groups excluding carboxylic acids is 1. The lowest BCUT2D eigenvalue weighted by Gasteiger charge is -2.05. The van der Waals surface area contributed by atoms with Crippen LogP contribution >= 0.6 is 11.6 Å². The zero-order valence-corrected chi connectivity index (χ0v) is 13.9. The average Bonchev–Trinajstić information content (AvgIpc) is 2.52. The summed E-state index contributed by atoms with van der Waals surface area (Å²) in [5.74, 6) is 1.11. The van der Waals surface area contributed by atoms with E-state index in [4.69, 9.17) is 11.6 Å². The molecule has 1 aliphatic carbocycles. The minimum Gasteiger partial charge on any atom is -0.300 e. The van der Waals surface area contributed by atoms with Crippen LogP contribution in [0.15, 0.2) is 30.3 Å². The molecule has 0 unspecified atom stereocenters.